The molecule has 1 amide bonds. The van der Waals surface area contributed by atoms with Gasteiger partial charge in [0.05, 0.1) is 18.0 Å². The molecule has 2 atom stereocenters. The number of nitrogens with zero attached hydrogens (tertiary/aromatic N) is 1. The second-order valence-electron chi connectivity index (χ2n) is 7.26. The summed E-state index contributed by atoms with van der Waals surface area (Å²) in [5.74, 6) is 0.593. The Hall–Kier alpha value is -3.54. The van der Waals surface area contributed by atoms with E-state index in [9.17, 15) is 4.79 Å². The second kappa shape index (κ2) is 9.78. The normalized spacial score (nSPS) is 16.4. The Morgan fingerprint density at radius 3 is 2.47 bits per heavy atom. The lowest BCUT2D eigenvalue weighted by Gasteiger charge is -2.23. The van der Waals surface area contributed by atoms with Gasteiger partial charge < -0.3 is 19.3 Å². The van der Waals surface area contributed by atoms with Crippen LogP contribution in [0, 0.1) is 0 Å². The van der Waals surface area contributed by atoms with E-state index in [1.807, 2.05) is 48.5 Å². The van der Waals surface area contributed by atoms with Crippen LogP contribution in [0.4, 0.5) is 4.79 Å². The fraction of sp³-hybridized carbons (Fsp3) is 0.250. The molecule has 6 nitrogen and oxygen atoms in total. The zero-order valence-electron chi connectivity index (χ0n) is 16.6. The average molecular weight is 404 g/mol. The minimum atomic E-state index is -0.507. The molecule has 2 aromatic carbocycles. The molecule has 0 radical (unpaired) electrons. The lowest BCUT2D eigenvalue weighted by molar-refractivity contribution is 0.0502. The lowest BCUT2D eigenvalue weighted by atomic mass is 9.96. The fourth-order valence-electron chi connectivity index (χ4n) is 3.47. The third-order valence-corrected chi connectivity index (χ3v) is 4.98. The van der Waals surface area contributed by atoms with Crippen molar-refractivity contribution in [3.05, 3.63) is 95.9 Å². The third-order valence-electron chi connectivity index (χ3n) is 4.98. The number of carbonyl (C=O) groups is 1. The summed E-state index contributed by atoms with van der Waals surface area (Å²) in [7, 11) is 0. The summed E-state index contributed by atoms with van der Waals surface area (Å²) in [5.41, 5.74) is 3.26. The maximum Gasteiger partial charge on any atom is 0.407 e. The van der Waals surface area contributed by atoms with Gasteiger partial charge in [-0.3, -0.25) is 0 Å². The number of amides is 1. The molecule has 0 bridgehead atoms. The lowest BCUT2D eigenvalue weighted by Crippen LogP contribution is -2.45. The molecule has 1 N–H and O–H groups in total. The van der Waals surface area contributed by atoms with Gasteiger partial charge in [-0.05, 0) is 29.7 Å². The van der Waals surface area contributed by atoms with Crippen molar-refractivity contribution < 1.29 is 18.8 Å². The number of benzene rings is 2. The highest BCUT2D eigenvalue weighted by molar-refractivity contribution is 5.87. The highest BCUT2D eigenvalue weighted by atomic mass is 16.6. The molecule has 0 aliphatic carbocycles. The quantitative estimate of drug-likeness (QED) is 0.600. The molecule has 4 rings (SSSR count). The van der Waals surface area contributed by atoms with E-state index >= 15 is 0 Å². The van der Waals surface area contributed by atoms with Crippen LogP contribution in [0.5, 0.6) is 0 Å². The predicted molar refractivity (Wildman–Crippen MR) is 113 cm³/mol. The van der Waals surface area contributed by atoms with E-state index in [0.29, 0.717) is 18.6 Å². The summed E-state index contributed by atoms with van der Waals surface area (Å²) in [4.78, 5) is 18.1. The highest BCUT2D eigenvalue weighted by Crippen LogP contribution is 2.20. The molecule has 30 heavy (non-hydrogen) atoms. The first-order valence-corrected chi connectivity index (χ1v) is 10.0. The molecule has 6 heteroatoms. The molecule has 0 spiro atoms. The van der Waals surface area contributed by atoms with Crippen molar-refractivity contribution >= 4 is 11.8 Å². The maximum atomic E-state index is 12.4. The molecule has 0 fully saturated rings. The second-order valence-corrected chi connectivity index (χ2v) is 7.26. The number of hydrogen-bond acceptors (Lipinski definition) is 5. The van der Waals surface area contributed by atoms with E-state index < -0.39 is 6.09 Å². The van der Waals surface area contributed by atoms with Crippen LogP contribution in [0.25, 0.3) is 0 Å². The van der Waals surface area contributed by atoms with Crippen LogP contribution < -0.4 is 5.32 Å². The Kier molecular flexibility index (Phi) is 6.44. The first kappa shape index (κ1) is 19.8. The van der Waals surface area contributed by atoms with Crippen LogP contribution in [0.15, 0.2) is 88.6 Å². The Bertz CT molecular complexity index is 955. The van der Waals surface area contributed by atoms with E-state index in [1.165, 1.54) is 5.56 Å². The number of carbonyl (C=O) groups excluding carboxylic acids is 1. The van der Waals surface area contributed by atoms with Crippen LogP contribution in [0.2, 0.25) is 0 Å². The number of rotatable bonds is 8. The Balaban J connectivity index is 1.38. The van der Waals surface area contributed by atoms with Crippen LogP contribution in [-0.2, 0) is 29.0 Å². The molecule has 2 heterocycles. The average Bonchev–Trinajstić information content (AvgIpc) is 3.46. The van der Waals surface area contributed by atoms with Gasteiger partial charge in [0.2, 0.25) is 0 Å². The molecule has 154 valence electrons. The van der Waals surface area contributed by atoms with Crippen molar-refractivity contribution in [3.8, 4) is 0 Å². The first-order chi connectivity index (χ1) is 14.8. The van der Waals surface area contributed by atoms with E-state index in [1.54, 1.807) is 18.4 Å². The molecule has 0 saturated heterocycles. The van der Waals surface area contributed by atoms with E-state index in [-0.39, 0.29) is 18.8 Å². The van der Waals surface area contributed by atoms with Crippen LogP contribution >= 0.6 is 0 Å². The highest BCUT2D eigenvalue weighted by Gasteiger charge is 2.31. The van der Waals surface area contributed by atoms with E-state index in [0.717, 1.165) is 17.7 Å². The first-order valence-electron chi connectivity index (χ1n) is 10.0. The van der Waals surface area contributed by atoms with Crippen LogP contribution in [0.1, 0.15) is 23.3 Å². The molecular weight excluding hydrogens is 380 g/mol. The van der Waals surface area contributed by atoms with Crippen LogP contribution in [0.3, 0.4) is 0 Å². The Morgan fingerprint density at radius 1 is 1.03 bits per heavy atom. The summed E-state index contributed by atoms with van der Waals surface area (Å²) in [6.45, 7) is 0.0815. The van der Waals surface area contributed by atoms with Crippen molar-refractivity contribution in [2.24, 2.45) is 5.16 Å². The minimum absolute atomic E-state index is 0.0815. The number of oxime groups is 1. The molecule has 3 aromatic rings. The van der Waals surface area contributed by atoms with Crippen molar-refractivity contribution in [1.29, 1.82) is 0 Å². The summed E-state index contributed by atoms with van der Waals surface area (Å²) in [6, 6.07) is 23.4. The molecular formula is C24H24N2O4. The number of ether oxygens (including phenoxy) is 1. The summed E-state index contributed by atoms with van der Waals surface area (Å²) in [5, 5.41) is 7.23. The minimum Gasteiger partial charge on any atom is -0.466 e. The van der Waals surface area contributed by atoms with Gasteiger partial charge in [-0.15, -0.1) is 0 Å². The number of nitrogens with one attached hydrogen (secondary N) is 1. The van der Waals surface area contributed by atoms with Gasteiger partial charge in [0.25, 0.3) is 0 Å². The number of hydrogen-bond donors (Lipinski definition) is 1. The largest absolute Gasteiger partial charge is 0.466 e. The van der Waals surface area contributed by atoms with Gasteiger partial charge in [0, 0.05) is 12.8 Å². The van der Waals surface area contributed by atoms with Crippen molar-refractivity contribution in [1.82, 2.24) is 5.32 Å². The predicted octanol–water partition coefficient (Wildman–Crippen LogP) is 4.50. The van der Waals surface area contributed by atoms with Crippen molar-refractivity contribution in [2.75, 3.05) is 0 Å². The van der Waals surface area contributed by atoms with Gasteiger partial charge in [-0.2, -0.15) is 0 Å². The standard InChI is InChI=1S/C24H24N2O4/c27-24(29-17-21-12-7-13-28-21)25-22(15-19-10-5-2-6-11-19)23-16-20(26-30-23)14-18-8-3-1-4-9-18/h1-13,22-23H,14-17H2,(H,25,27). The van der Waals surface area contributed by atoms with E-state index in [4.69, 9.17) is 14.0 Å². The van der Waals surface area contributed by atoms with E-state index in [2.05, 4.69) is 22.6 Å². The Morgan fingerprint density at radius 2 is 1.77 bits per heavy atom. The SMILES string of the molecule is O=C(NC(Cc1ccccc1)C1CC(Cc2ccccc2)=NO1)OCc1ccco1. The van der Waals surface area contributed by atoms with Gasteiger partial charge in [-0.1, -0.05) is 65.8 Å². The van der Waals surface area contributed by atoms with Gasteiger partial charge >= 0.3 is 6.09 Å². The van der Waals surface area contributed by atoms with Gasteiger partial charge in [0.15, 0.2) is 12.7 Å². The molecule has 1 aliphatic rings. The zero-order valence-corrected chi connectivity index (χ0v) is 16.6. The monoisotopic (exact) mass is 404 g/mol. The molecule has 0 saturated carbocycles. The maximum absolute atomic E-state index is 12.4. The summed E-state index contributed by atoms with van der Waals surface area (Å²) < 4.78 is 10.5. The smallest absolute Gasteiger partial charge is 0.407 e. The molecule has 2 unspecified atom stereocenters. The summed E-state index contributed by atoms with van der Waals surface area (Å²) in [6.07, 6.45) is 2.80. The fourth-order valence-corrected chi connectivity index (χ4v) is 3.47. The third kappa shape index (κ3) is 5.50. The van der Waals surface area contributed by atoms with Crippen LogP contribution in [-0.4, -0.2) is 24.0 Å². The van der Waals surface area contributed by atoms with Crippen molar-refractivity contribution in [3.63, 3.8) is 0 Å². The topological polar surface area (TPSA) is 73.1 Å². The summed E-state index contributed by atoms with van der Waals surface area (Å²) >= 11 is 0. The number of furan rings is 1. The zero-order chi connectivity index (χ0) is 20.6. The van der Waals surface area contributed by atoms with Gasteiger partial charge in [-0.25, -0.2) is 4.79 Å². The van der Waals surface area contributed by atoms with Gasteiger partial charge in [0.1, 0.15) is 5.76 Å². The number of alkyl carbamates (subject to hydrolysis) is 1. The van der Waals surface area contributed by atoms with Crippen molar-refractivity contribution in [2.45, 2.75) is 38.0 Å². The Labute approximate surface area is 175 Å². The molecule has 1 aliphatic heterocycles. The molecule has 1 aromatic heterocycles.